The first-order valence-corrected chi connectivity index (χ1v) is 10.2. The number of β-amino-alcohol motifs (C(OH)–C–C–N with tert-alkyl or cyclic N) is 1. The Hall–Kier alpha value is -2.78. The van der Waals surface area contributed by atoms with E-state index in [1.54, 1.807) is 38.1 Å². The van der Waals surface area contributed by atoms with Crippen molar-refractivity contribution < 1.29 is 24.1 Å². The van der Waals surface area contributed by atoms with Gasteiger partial charge in [0.15, 0.2) is 18.0 Å². The average molecular weight is 416 g/mol. The van der Waals surface area contributed by atoms with Crippen LogP contribution in [-0.4, -0.2) is 52.8 Å². The van der Waals surface area contributed by atoms with Crippen LogP contribution in [0.1, 0.15) is 12.0 Å². The molecule has 152 valence electrons. The summed E-state index contributed by atoms with van der Waals surface area (Å²) in [7, 11) is 3.22. The van der Waals surface area contributed by atoms with Crippen molar-refractivity contribution in [2.75, 3.05) is 38.0 Å². The van der Waals surface area contributed by atoms with Crippen molar-refractivity contribution in [1.29, 1.82) is 0 Å². The molecule has 2 aliphatic rings. The number of hydrogen-bond donors (Lipinski definition) is 1. The van der Waals surface area contributed by atoms with Crippen molar-refractivity contribution in [3.8, 4) is 11.5 Å². The number of anilines is 1. The number of amidine groups is 1. The molecule has 2 aliphatic heterocycles. The van der Waals surface area contributed by atoms with E-state index in [0.29, 0.717) is 23.6 Å². The van der Waals surface area contributed by atoms with Crippen molar-refractivity contribution in [2.45, 2.75) is 12.1 Å². The van der Waals surface area contributed by atoms with E-state index in [-0.39, 0.29) is 12.2 Å². The van der Waals surface area contributed by atoms with Crippen molar-refractivity contribution in [3.05, 3.63) is 58.1 Å². The molecule has 1 N–H and O–H groups in total. The van der Waals surface area contributed by atoms with Crippen LogP contribution in [0.4, 0.5) is 11.4 Å². The van der Waals surface area contributed by atoms with Crippen LogP contribution in [-0.2, 0) is 5.72 Å². The van der Waals surface area contributed by atoms with Gasteiger partial charge in [0.2, 0.25) is 0 Å². The van der Waals surface area contributed by atoms with Crippen LogP contribution in [0.2, 0.25) is 0 Å². The Labute approximate surface area is 172 Å². The quantitative estimate of drug-likeness (QED) is 0.455. The molecule has 0 bridgehead atoms. The van der Waals surface area contributed by atoms with Crippen LogP contribution in [0.15, 0.2) is 42.5 Å². The first-order chi connectivity index (χ1) is 14.0. The molecule has 2 aromatic carbocycles. The minimum absolute atomic E-state index is 0.00103. The van der Waals surface area contributed by atoms with Gasteiger partial charge in [-0.2, -0.15) is 0 Å². The average Bonchev–Trinajstić information content (AvgIpc) is 3.07. The fourth-order valence-electron chi connectivity index (χ4n) is 3.79. The van der Waals surface area contributed by atoms with E-state index < -0.39 is 10.6 Å². The number of nitro benzene ring substituents is 1. The molecule has 0 aromatic heterocycles. The second kappa shape index (κ2) is 7.57. The normalized spacial score (nSPS) is 21.1. The molecule has 1 atom stereocenters. The van der Waals surface area contributed by atoms with Crippen molar-refractivity contribution in [1.82, 2.24) is 0 Å². The molecule has 2 aromatic rings. The fourth-order valence-corrected chi connectivity index (χ4v) is 4.97. The molecule has 0 radical (unpaired) electrons. The van der Waals surface area contributed by atoms with Crippen LogP contribution >= 0.6 is 11.8 Å². The van der Waals surface area contributed by atoms with Crippen molar-refractivity contribution in [2.24, 2.45) is 0 Å². The number of thioether (sulfide) groups is 1. The molecule has 0 saturated heterocycles. The van der Waals surface area contributed by atoms with Crippen LogP contribution < -0.4 is 14.4 Å². The zero-order chi connectivity index (χ0) is 20.6. The lowest BCUT2D eigenvalue weighted by Gasteiger charge is -2.24. The monoisotopic (exact) mass is 416 g/mol. The van der Waals surface area contributed by atoms with E-state index in [2.05, 4.69) is 0 Å². The largest absolute Gasteiger partial charge is 0.497 e. The van der Waals surface area contributed by atoms with Gasteiger partial charge in [-0.3, -0.25) is 10.1 Å². The first-order valence-electron chi connectivity index (χ1n) is 9.22. The van der Waals surface area contributed by atoms with Crippen LogP contribution in [0, 0.1) is 10.1 Å². The van der Waals surface area contributed by atoms with Crippen LogP contribution in [0.3, 0.4) is 0 Å². The van der Waals surface area contributed by atoms with E-state index in [4.69, 9.17) is 9.47 Å². The molecular formula is C20H22N3O5S+. The van der Waals surface area contributed by atoms with E-state index >= 15 is 0 Å². The van der Waals surface area contributed by atoms with Gasteiger partial charge in [0.1, 0.15) is 5.75 Å². The van der Waals surface area contributed by atoms with Gasteiger partial charge in [-0.25, -0.2) is 9.48 Å². The predicted octanol–water partition coefficient (Wildman–Crippen LogP) is 2.78. The maximum absolute atomic E-state index is 11.7. The molecule has 8 nitrogen and oxygen atoms in total. The molecule has 0 saturated carbocycles. The lowest BCUT2D eigenvalue weighted by atomic mass is 10.0. The highest BCUT2D eigenvalue weighted by Crippen LogP contribution is 2.42. The third kappa shape index (κ3) is 3.30. The zero-order valence-corrected chi connectivity index (χ0v) is 17.0. The second-order valence-corrected chi connectivity index (χ2v) is 7.94. The lowest BCUT2D eigenvalue weighted by molar-refractivity contribution is -0.656. The van der Waals surface area contributed by atoms with Crippen LogP contribution in [0.25, 0.3) is 0 Å². The summed E-state index contributed by atoms with van der Waals surface area (Å²) in [5.41, 5.74) is 0.122. The van der Waals surface area contributed by atoms with E-state index in [9.17, 15) is 15.2 Å². The SMILES string of the molecule is COc1ccc(OC)c(N2C[C@@](O)(c3ccc([N+](=O)[O-])cc3)[N+]3=C2SCCC3)c1. The van der Waals surface area contributed by atoms with Gasteiger partial charge in [0, 0.05) is 29.5 Å². The van der Waals surface area contributed by atoms with Crippen molar-refractivity contribution in [3.63, 3.8) is 0 Å². The Morgan fingerprint density at radius 2 is 1.97 bits per heavy atom. The topological polar surface area (TPSA) is 88.1 Å². The number of benzene rings is 2. The number of nitro groups is 1. The molecule has 9 heteroatoms. The molecule has 0 unspecified atom stereocenters. The van der Waals surface area contributed by atoms with Gasteiger partial charge in [-0.15, -0.1) is 0 Å². The van der Waals surface area contributed by atoms with E-state index in [0.717, 1.165) is 23.0 Å². The highest BCUT2D eigenvalue weighted by atomic mass is 32.2. The summed E-state index contributed by atoms with van der Waals surface area (Å²) in [5, 5.41) is 23.7. The number of aliphatic hydroxyl groups is 1. The number of methoxy groups -OCH3 is 2. The Bertz CT molecular complexity index is 979. The number of hydrogen-bond acceptors (Lipinski definition) is 7. The summed E-state index contributed by atoms with van der Waals surface area (Å²) in [6.45, 7) is 0.968. The smallest absolute Gasteiger partial charge is 0.316 e. The molecule has 0 fully saturated rings. The standard InChI is InChI=1S/C20H22N3O5S/c1-27-16-8-9-18(28-2)17(12-16)21-13-20(24,22-10-3-11-29-19(21)22)14-4-6-15(7-5-14)23(25)26/h4-9,12,24H,3,10-11,13H2,1-2H3/q+1/t20-/m1/s1. The Morgan fingerprint density at radius 3 is 2.62 bits per heavy atom. The lowest BCUT2D eigenvalue weighted by Crippen LogP contribution is -2.41. The number of rotatable bonds is 5. The highest BCUT2D eigenvalue weighted by molar-refractivity contribution is 8.13. The van der Waals surface area contributed by atoms with Gasteiger partial charge >= 0.3 is 5.17 Å². The Morgan fingerprint density at radius 1 is 1.21 bits per heavy atom. The molecule has 0 aliphatic carbocycles. The summed E-state index contributed by atoms with van der Waals surface area (Å²) in [6.07, 6.45) is 0.937. The zero-order valence-electron chi connectivity index (χ0n) is 16.2. The van der Waals surface area contributed by atoms with Gasteiger partial charge in [-0.1, -0.05) is 0 Å². The minimum Gasteiger partial charge on any atom is -0.497 e. The van der Waals surface area contributed by atoms with Gasteiger partial charge in [-0.05, 0) is 42.4 Å². The summed E-state index contributed by atoms with van der Waals surface area (Å²) < 4.78 is 12.9. The highest BCUT2D eigenvalue weighted by Gasteiger charge is 2.54. The third-order valence-electron chi connectivity index (χ3n) is 5.26. The summed E-state index contributed by atoms with van der Waals surface area (Å²) in [4.78, 5) is 12.6. The van der Waals surface area contributed by atoms with Gasteiger partial charge in [0.25, 0.3) is 11.4 Å². The fraction of sp³-hybridized carbons (Fsp3) is 0.350. The predicted molar refractivity (Wildman–Crippen MR) is 111 cm³/mol. The summed E-state index contributed by atoms with van der Waals surface area (Å²) in [5.74, 6) is 2.32. The number of ether oxygens (including phenoxy) is 2. The van der Waals surface area contributed by atoms with Gasteiger partial charge in [0.05, 0.1) is 25.7 Å². The van der Waals surface area contributed by atoms with Crippen molar-refractivity contribution >= 4 is 28.3 Å². The molecular weight excluding hydrogens is 394 g/mol. The number of non-ortho nitro benzene ring substituents is 1. The summed E-state index contributed by atoms with van der Waals surface area (Å²) >= 11 is 1.68. The Kier molecular flexibility index (Phi) is 5.10. The summed E-state index contributed by atoms with van der Waals surface area (Å²) in [6, 6.07) is 11.7. The van der Waals surface area contributed by atoms with Gasteiger partial charge < -0.3 is 14.6 Å². The molecule has 29 heavy (non-hydrogen) atoms. The van der Waals surface area contributed by atoms with E-state index in [1.807, 2.05) is 27.7 Å². The maximum atomic E-state index is 11.7. The molecule has 0 amide bonds. The maximum Gasteiger partial charge on any atom is 0.316 e. The minimum atomic E-state index is -1.30. The van der Waals surface area contributed by atoms with E-state index in [1.165, 1.54) is 12.1 Å². The van der Waals surface area contributed by atoms with Crippen LogP contribution in [0.5, 0.6) is 11.5 Å². The number of nitrogens with zero attached hydrogens (tertiary/aromatic N) is 3. The molecule has 0 spiro atoms. The molecule has 2 heterocycles. The second-order valence-electron chi connectivity index (χ2n) is 6.88. The molecule has 4 rings (SSSR count). The third-order valence-corrected chi connectivity index (χ3v) is 6.45. The first kappa shape index (κ1) is 19.5. The Balaban J connectivity index is 1.80.